The summed E-state index contributed by atoms with van der Waals surface area (Å²) in [6.45, 7) is 1.90. The fraction of sp³-hybridized carbons (Fsp3) is 0.211. The van der Waals surface area contributed by atoms with Crippen molar-refractivity contribution < 1.29 is 31.9 Å². The van der Waals surface area contributed by atoms with E-state index in [1.165, 1.54) is 36.4 Å². The summed E-state index contributed by atoms with van der Waals surface area (Å²) in [6.07, 6.45) is 0. The summed E-state index contributed by atoms with van der Waals surface area (Å²) in [4.78, 5) is 35.4. The Balaban J connectivity index is 1.89. The number of benzene rings is 2. The maximum atomic E-state index is 12.8. The quantitative estimate of drug-likeness (QED) is 0.628. The number of hydrogen-bond donors (Lipinski definition) is 2. The lowest BCUT2D eigenvalue weighted by Crippen LogP contribution is -2.30. The molecule has 0 unspecified atom stereocenters. The van der Waals surface area contributed by atoms with Crippen LogP contribution in [0.25, 0.3) is 0 Å². The molecule has 154 valence electrons. The molecule has 0 saturated heterocycles. The molecule has 0 saturated carbocycles. The summed E-state index contributed by atoms with van der Waals surface area (Å²) in [7, 11) is -4.03. The highest BCUT2D eigenvalue weighted by Crippen LogP contribution is 2.11. The number of halogens is 1. The molecule has 2 N–H and O–H groups in total. The average Bonchev–Trinajstić information content (AvgIpc) is 2.63. The molecule has 0 fully saturated rings. The summed E-state index contributed by atoms with van der Waals surface area (Å²) in [6, 6.07) is 10.5. The molecule has 0 aliphatic heterocycles. The molecule has 0 radical (unpaired) electrons. The Morgan fingerprint density at radius 3 is 1.76 bits per heavy atom. The van der Waals surface area contributed by atoms with Gasteiger partial charge in [-0.25, -0.2) is 17.6 Å². The highest BCUT2D eigenvalue weighted by Gasteiger charge is 2.21. The van der Waals surface area contributed by atoms with E-state index in [2.05, 4.69) is 10.6 Å². The van der Waals surface area contributed by atoms with Crippen molar-refractivity contribution in [3.63, 3.8) is 0 Å². The van der Waals surface area contributed by atoms with Gasteiger partial charge in [-0.15, -0.1) is 0 Å². The first-order valence-corrected chi connectivity index (χ1v) is 10.3. The third kappa shape index (κ3) is 7.34. The van der Waals surface area contributed by atoms with Crippen LogP contribution >= 0.6 is 0 Å². The Bertz CT molecular complexity index is 988. The average molecular weight is 422 g/mol. The molecule has 8 nitrogen and oxygen atoms in total. The van der Waals surface area contributed by atoms with Gasteiger partial charge in [0.1, 0.15) is 17.3 Å². The molecule has 0 bridgehead atoms. The van der Waals surface area contributed by atoms with Gasteiger partial charge in [-0.1, -0.05) is 0 Å². The first kappa shape index (κ1) is 22.0. The third-order valence-electron chi connectivity index (χ3n) is 3.51. The molecule has 0 spiro atoms. The maximum absolute atomic E-state index is 12.8. The molecule has 2 rings (SSSR count). The molecule has 0 aliphatic carbocycles. The van der Waals surface area contributed by atoms with E-state index >= 15 is 0 Å². The molecule has 29 heavy (non-hydrogen) atoms. The van der Waals surface area contributed by atoms with Crippen LogP contribution in [0.15, 0.2) is 48.5 Å². The zero-order valence-electron chi connectivity index (χ0n) is 15.5. The minimum absolute atomic E-state index is 0.226. The van der Waals surface area contributed by atoms with Crippen molar-refractivity contribution in [2.45, 2.75) is 6.92 Å². The van der Waals surface area contributed by atoms with Crippen molar-refractivity contribution in [1.82, 2.24) is 0 Å². The van der Waals surface area contributed by atoms with Crippen LogP contribution in [0.5, 0.6) is 0 Å². The number of ether oxygens (including phenoxy) is 1. The van der Waals surface area contributed by atoms with Crippen LogP contribution < -0.4 is 10.6 Å². The number of carbonyl (C=O) groups excluding carboxylic acids is 3. The van der Waals surface area contributed by atoms with Crippen molar-refractivity contribution in [2.75, 3.05) is 28.7 Å². The maximum Gasteiger partial charge on any atom is 0.338 e. The van der Waals surface area contributed by atoms with Crippen LogP contribution in [0.1, 0.15) is 17.3 Å². The van der Waals surface area contributed by atoms with Crippen LogP contribution in [-0.4, -0.2) is 44.3 Å². The van der Waals surface area contributed by atoms with Gasteiger partial charge in [0.05, 0.1) is 12.2 Å². The SMILES string of the molecule is CCOC(=O)c1ccc(NC(=O)CS(=O)(=O)CC(=O)Nc2ccc(F)cc2)cc1. The van der Waals surface area contributed by atoms with E-state index in [1.54, 1.807) is 6.92 Å². The van der Waals surface area contributed by atoms with E-state index in [0.717, 1.165) is 12.1 Å². The van der Waals surface area contributed by atoms with Crippen LogP contribution in [-0.2, 0) is 24.2 Å². The van der Waals surface area contributed by atoms with Crippen molar-refractivity contribution in [3.05, 3.63) is 59.9 Å². The van der Waals surface area contributed by atoms with E-state index in [1.807, 2.05) is 0 Å². The lowest BCUT2D eigenvalue weighted by atomic mass is 10.2. The molecule has 0 aliphatic rings. The summed E-state index contributed by atoms with van der Waals surface area (Å²) >= 11 is 0. The minimum Gasteiger partial charge on any atom is -0.462 e. The number of nitrogens with one attached hydrogen (secondary N) is 2. The van der Waals surface area contributed by atoms with E-state index in [9.17, 15) is 27.2 Å². The number of amides is 2. The second kappa shape index (κ2) is 9.78. The minimum atomic E-state index is -4.03. The van der Waals surface area contributed by atoms with Crippen molar-refractivity contribution in [2.24, 2.45) is 0 Å². The van der Waals surface area contributed by atoms with Crippen LogP contribution in [0.4, 0.5) is 15.8 Å². The first-order valence-electron chi connectivity index (χ1n) is 8.51. The van der Waals surface area contributed by atoms with Crippen molar-refractivity contribution >= 4 is 39.0 Å². The molecule has 10 heteroatoms. The summed E-state index contributed by atoms with van der Waals surface area (Å²) < 4.78 is 41.8. The molecular weight excluding hydrogens is 403 g/mol. The van der Waals surface area contributed by atoms with Gasteiger partial charge in [-0.2, -0.15) is 0 Å². The van der Waals surface area contributed by atoms with Gasteiger partial charge in [-0.05, 0) is 55.5 Å². The van der Waals surface area contributed by atoms with E-state index in [0.29, 0.717) is 0 Å². The summed E-state index contributed by atoms with van der Waals surface area (Å²) in [5.74, 6) is -4.49. The van der Waals surface area contributed by atoms with E-state index in [4.69, 9.17) is 4.74 Å². The number of hydrogen-bond acceptors (Lipinski definition) is 6. The molecule has 0 heterocycles. The van der Waals surface area contributed by atoms with Crippen molar-refractivity contribution in [3.8, 4) is 0 Å². The Hall–Kier alpha value is -3.27. The molecule has 2 aromatic carbocycles. The Labute approximate surface area is 167 Å². The molecular formula is C19H19FN2O6S. The summed E-state index contributed by atoms with van der Waals surface area (Å²) in [5.41, 5.74) is 0.807. The van der Waals surface area contributed by atoms with Gasteiger partial charge in [0.25, 0.3) is 0 Å². The zero-order valence-corrected chi connectivity index (χ0v) is 16.3. The second-order valence-electron chi connectivity index (χ2n) is 5.93. The van der Waals surface area contributed by atoms with Gasteiger partial charge in [0.2, 0.25) is 11.8 Å². The third-order valence-corrected chi connectivity index (χ3v) is 4.91. The van der Waals surface area contributed by atoms with Crippen molar-refractivity contribution in [1.29, 1.82) is 0 Å². The van der Waals surface area contributed by atoms with Gasteiger partial charge in [-0.3, -0.25) is 9.59 Å². The lowest BCUT2D eigenvalue weighted by Gasteiger charge is -2.08. The summed E-state index contributed by atoms with van der Waals surface area (Å²) in [5, 5.41) is 4.70. The predicted molar refractivity (Wildman–Crippen MR) is 105 cm³/mol. The van der Waals surface area contributed by atoms with Gasteiger partial charge >= 0.3 is 5.97 Å². The standard InChI is InChI=1S/C19H19FN2O6S/c1-2-28-19(25)13-3-7-15(8-4-13)21-17(23)11-29(26,27)12-18(24)22-16-9-5-14(20)6-10-16/h3-10H,2,11-12H2,1H3,(H,21,23)(H,22,24). The zero-order chi connectivity index (χ0) is 21.4. The lowest BCUT2D eigenvalue weighted by molar-refractivity contribution is -0.114. The van der Waals surface area contributed by atoms with Crippen LogP contribution in [0.2, 0.25) is 0 Å². The van der Waals surface area contributed by atoms with E-state index in [-0.39, 0.29) is 23.5 Å². The van der Waals surface area contributed by atoms with Gasteiger partial charge in [0, 0.05) is 11.4 Å². The highest BCUT2D eigenvalue weighted by molar-refractivity contribution is 7.92. The monoisotopic (exact) mass is 422 g/mol. The number of anilines is 2. The van der Waals surface area contributed by atoms with Crippen LogP contribution in [0.3, 0.4) is 0 Å². The Morgan fingerprint density at radius 1 is 0.862 bits per heavy atom. The Morgan fingerprint density at radius 2 is 1.31 bits per heavy atom. The molecule has 2 aromatic rings. The normalized spacial score (nSPS) is 10.8. The molecule has 0 atom stereocenters. The molecule has 0 aromatic heterocycles. The number of rotatable bonds is 8. The number of esters is 1. The van der Waals surface area contributed by atoms with Crippen LogP contribution in [0, 0.1) is 5.82 Å². The largest absolute Gasteiger partial charge is 0.462 e. The number of sulfone groups is 1. The molecule has 2 amide bonds. The predicted octanol–water partition coefficient (Wildman–Crippen LogP) is 1.99. The smallest absolute Gasteiger partial charge is 0.338 e. The fourth-order valence-electron chi connectivity index (χ4n) is 2.28. The fourth-order valence-corrected chi connectivity index (χ4v) is 3.33. The van der Waals surface area contributed by atoms with Gasteiger partial charge in [0.15, 0.2) is 9.84 Å². The topological polar surface area (TPSA) is 119 Å². The highest BCUT2D eigenvalue weighted by atomic mass is 32.2. The Kier molecular flexibility index (Phi) is 7.43. The second-order valence-corrected chi connectivity index (χ2v) is 8.00. The first-order chi connectivity index (χ1) is 13.7. The van der Waals surface area contributed by atoms with E-state index < -0.39 is 44.9 Å². The van der Waals surface area contributed by atoms with Gasteiger partial charge < -0.3 is 15.4 Å². The number of carbonyl (C=O) groups is 3.